The van der Waals surface area contributed by atoms with Gasteiger partial charge in [0.15, 0.2) is 0 Å². The molecule has 0 spiro atoms. The number of pyridine rings is 1. The fourth-order valence-corrected chi connectivity index (χ4v) is 2.56. The summed E-state index contributed by atoms with van der Waals surface area (Å²) in [7, 11) is 0. The number of allylic oxidation sites excluding steroid dienone is 6. The normalized spacial score (nSPS) is 21.5. The highest BCUT2D eigenvalue weighted by Crippen LogP contribution is 2.17. The minimum absolute atomic E-state index is 0.105. The first-order valence-corrected chi connectivity index (χ1v) is 7.98. The van der Waals surface area contributed by atoms with Gasteiger partial charge in [-0.3, -0.25) is 9.59 Å². The van der Waals surface area contributed by atoms with Gasteiger partial charge in [-0.15, -0.1) is 0 Å². The average molecular weight is 321 g/mol. The van der Waals surface area contributed by atoms with E-state index in [9.17, 15) is 9.59 Å². The Morgan fingerprint density at radius 3 is 1.75 bits per heavy atom. The van der Waals surface area contributed by atoms with Crippen LogP contribution in [0.1, 0.15) is 12.8 Å². The number of rotatable bonds is 4. The van der Waals surface area contributed by atoms with Crippen LogP contribution in [0.3, 0.4) is 0 Å². The number of amides is 2. The Labute approximate surface area is 140 Å². The molecule has 2 N–H and O–H groups in total. The first-order valence-electron chi connectivity index (χ1n) is 7.98. The van der Waals surface area contributed by atoms with Crippen molar-refractivity contribution < 1.29 is 9.59 Å². The van der Waals surface area contributed by atoms with Crippen molar-refractivity contribution in [3.05, 3.63) is 66.8 Å². The molecule has 24 heavy (non-hydrogen) atoms. The van der Waals surface area contributed by atoms with Crippen LogP contribution in [0.2, 0.25) is 0 Å². The van der Waals surface area contributed by atoms with Crippen molar-refractivity contribution in [3.8, 4) is 0 Å². The summed E-state index contributed by atoms with van der Waals surface area (Å²) in [6.45, 7) is 0. The van der Waals surface area contributed by atoms with Crippen molar-refractivity contribution in [3.63, 3.8) is 0 Å². The van der Waals surface area contributed by atoms with Gasteiger partial charge in [0.1, 0.15) is 11.6 Å². The molecular formula is C19H19N3O2. The lowest BCUT2D eigenvalue weighted by atomic mass is 10.00. The van der Waals surface area contributed by atoms with Crippen molar-refractivity contribution in [2.45, 2.75) is 12.8 Å². The molecule has 2 atom stereocenters. The lowest BCUT2D eigenvalue weighted by Crippen LogP contribution is -2.24. The van der Waals surface area contributed by atoms with E-state index in [1.54, 1.807) is 18.2 Å². The molecule has 0 radical (unpaired) electrons. The van der Waals surface area contributed by atoms with Gasteiger partial charge in [-0.05, 0) is 25.0 Å². The Kier molecular flexibility index (Phi) is 5.01. The second-order valence-electron chi connectivity index (χ2n) is 5.70. The van der Waals surface area contributed by atoms with Crippen LogP contribution in [0, 0.1) is 11.8 Å². The smallest absolute Gasteiger partial charge is 0.232 e. The molecule has 1 aromatic heterocycles. The molecule has 5 heteroatoms. The Hall–Kier alpha value is -2.95. The lowest BCUT2D eigenvalue weighted by molar-refractivity contribution is -0.119. The van der Waals surface area contributed by atoms with E-state index in [0.29, 0.717) is 24.5 Å². The second kappa shape index (κ2) is 7.55. The predicted molar refractivity (Wildman–Crippen MR) is 94.3 cm³/mol. The molecule has 2 aliphatic rings. The van der Waals surface area contributed by atoms with Gasteiger partial charge in [0, 0.05) is 0 Å². The van der Waals surface area contributed by atoms with Gasteiger partial charge in [-0.25, -0.2) is 4.98 Å². The number of nitrogens with one attached hydrogen (secondary N) is 2. The first-order chi connectivity index (χ1) is 11.7. The van der Waals surface area contributed by atoms with Crippen LogP contribution >= 0.6 is 0 Å². The number of carbonyl (C=O) groups excluding carboxylic acids is 2. The van der Waals surface area contributed by atoms with Gasteiger partial charge in [0.25, 0.3) is 0 Å². The minimum atomic E-state index is -0.186. The number of aromatic nitrogens is 1. The number of anilines is 2. The standard InChI is InChI=1S/C19H19N3O2/c23-18(14-8-3-1-4-9-14)21-16-12-7-13-17(20-16)22-19(24)15-10-5-2-6-11-15/h1-8,10,12-15H,9,11H2,(H2,20,21,22,23,24). The molecule has 0 bridgehead atoms. The summed E-state index contributed by atoms with van der Waals surface area (Å²) >= 11 is 0. The monoisotopic (exact) mass is 321 g/mol. The molecule has 0 saturated heterocycles. The van der Waals surface area contributed by atoms with Gasteiger partial charge in [0.2, 0.25) is 11.8 Å². The molecule has 2 unspecified atom stereocenters. The van der Waals surface area contributed by atoms with E-state index in [2.05, 4.69) is 15.6 Å². The summed E-state index contributed by atoms with van der Waals surface area (Å²) in [5.41, 5.74) is 0. The molecule has 0 aliphatic heterocycles. The highest BCUT2D eigenvalue weighted by molar-refractivity contribution is 5.95. The summed E-state index contributed by atoms with van der Waals surface area (Å²) in [4.78, 5) is 28.7. The Bertz CT molecular complexity index is 687. The highest BCUT2D eigenvalue weighted by Gasteiger charge is 2.18. The van der Waals surface area contributed by atoms with Crippen LogP contribution in [0.25, 0.3) is 0 Å². The number of carbonyl (C=O) groups is 2. The molecule has 122 valence electrons. The molecule has 5 nitrogen and oxygen atoms in total. The fourth-order valence-electron chi connectivity index (χ4n) is 2.56. The fraction of sp³-hybridized carbons (Fsp3) is 0.211. The van der Waals surface area contributed by atoms with E-state index in [-0.39, 0.29) is 23.7 Å². The Balaban J connectivity index is 1.61. The third-order valence-corrected chi connectivity index (χ3v) is 3.89. The van der Waals surface area contributed by atoms with E-state index >= 15 is 0 Å². The average Bonchev–Trinajstić information content (AvgIpc) is 2.63. The molecule has 1 aromatic rings. The van der Waals surface area contributed by atoms with E-state index in [0.717, 1.165) is 0 Å². The molecule has 0 aromatic carbocycles. The van der Waals surface area contributed by atoms with Crippen LogP contribution in [-0.4, -0.2) is 16.8 Å². The summed E-state index contributed by atoms with van der Waals surface area (Å²) in [6, 6.07) is 5.17. The number of hydrogen-bond acceptors (Lipinski definition) is 3. The molecule has 0 saturated carbocycles. The largest absolute Gasteiger partial charge is 0.310 e. The van der Waals surface area contributed by atoms with E-state index in [1.165, 1.54) is 0 Å². The van der Waals surface area contributed by atoms with Gasteiger partial charge in [0.05, 0.1) is 11.8 Å². The summed E-state index contributed by atoms with van der Waals surface area (Å²) < 4.78 is 0. The molecule has 0 fully saturated rings. The Morgan fingerprint density at radius 2 is 1.33 bits per heavy atom. The zero-order valence-corrected chi connectivity index (χ0v) is 13.2. The third kappa shape index (κ3) is 4.07. The van der Waals surface area contributed by atoms with Crippen molar-refractivity contribution in [1.82, 2.24) is 4.98 Å². The van der Waals surface area contributed by atoms with Crippen LogP contribution in [-0.2, 0) is 9.59 Å². The van der Waals surface area contributed by atoms with Gasteiger partial charge in [-0.2, -0.15) is 0 Å². The lowest BCUT2D eigenvalue weighted by Gasteiger charge is -2.15. The SMILES string of the molecule is O=C(Nc1cccc(NC(=O)C2C=CC=CC2)n1)C1C=CC=CC1. The maximum Gasteiger partial charge on any atom is 0.232 e. The number of nitrogens with zero attached hydrogens (tertiary/aromatic N) is 1. The van der Waals surface area contributed by atoms with E-state index < -0.39 is 0 Å². The van der Waals surface area contributed by atoms with Gasteiger partial charge >= 0.3 is 0 Å². The van der Waals surface area contributed by atoms with Crippen LogP contribution < -0.4 is 10.6 Å². The van der Waals surface area contributed by atoms with Crippen molar-refractivity contribution in [1.29, 1.82) is 0 Å². The highest BCUT2D eigenvalue weighted by atomic mass is 16.2. The second-order valence-corrected chi connectivity index (χ2v) is 5.70. The topological polar surface area (TPSA) is 71.1 Å². The Morgan fingerprint density at radius 1 is 0.833 bits per heavy atom. The zero-order valence-electron chi connectivity index (χ0n) is 13.2. The van der Waals surface area contributed by atoms with Crippen LogP contribution in [0.4, 0.5) is 11.6 Å². The predicted octanol–water partition coefficient (Wildman–Crippen LogP) is 3.22. The molecule has 3 rings (SSSR count). The molecule has 2 aliphatic carbocycles. The van der Waals surface area contributed by atoms with Gasteiger partial charge in [-0.1, -0.05) is 54.7 Å². The quantitative estimate of drug-likeness (QED) is 0.894. The zero-order chi connectivity index (χ0) is 16.8. The molecule has 1 heterocycles. The molecule has 2 amide bonds. The minimum Gasteiger partial charge on any atom is -0.310 e. The maximum absolute atomic E-state index is 12.2. The summed E-state index contributed by atoms with van der Waals surface area (Å²) in [5, 5.41) is 5.59. The number of hydrogen-bond donors (Lipinski definition) is 2. The maximum atomic E-state index is 12.2. The van der Waals surface area contributed by atoms with Crippen molar-refractivity contribution in [2.24, 2.45) is 11.8 Å². The summed E-state index contributed by atoms with van der Waals surface area (Å²) in [5.74, 6) is 0.280. The van der Waals surface area contributed by atoms with Crippen molar-refractivity contribution in [2.75, 3.05) is 10.6 Å². The van der Waals surface area contributed by atoms with Crippen molar-refractivity contribution >= 4 is 23.5 Å². The third-order valence-electron chi connectivity index (χ3n) is 3.89. The van der Waals surface area contributed by atoms with Crippen LogP contribution in [0.5, 0.6) is 0 Å². The van der Waals surface area contributed by atoms with E-state index in [4.69, 9.17) is 0 Å². The van der Waals surface area contributed by atoms with Gasteiger partial charge < -0.3 is 10.6 Å². The van der Waals surface area contributed by atoms with E-state index in [1.807, 2.05) is 48.6 Å². The molecular weight excluding hydrogens is 302 g/mol. The van der Waals surface area contributed by atoms with Crippen LogP contribution in [0.15, 0.2) is 66.8 Å². The first kappa shape index (κ1) is 15.9. The summed E-state index contributed by atoms with van der Waals surface area (Å²) in [6.07, 6.45) is 16.6.